The lowest BCUT2D eigenvalue weighted by Gasteiger charge is -2.16. The topological polar surface area (TPSA) is 120 Å². The van der Waals surface area contributed by atoms with Crippen molar-refractivity contribution in [1.82, 2.24) is 14.0 Å². The summed E-state index contributed by atoms with van der Waals surface area (Å²) in [6.45, 7) is 10.9. The van der Waals surface area contributed by atoms with Crippen molar-refractivity contribution >= 4 is 22.6 Å². The summed E-state index contributed by atoms with van der Waals surface area (Å²) in [5.41, 5.74) is 1.86. The van der Waals surface area contributed by atoms with E-state index in [4.69, 9.17) is 19.2 Å². The summed E-state index contributed by atoms with van der Waals surface area (Å²) in [5, 5.41) is 10.3. The average molecular weight is 544 g/mol. The number of aryl methyl sites for hydroxylation is 2. The van der Waals surface area contributed by atoms with Crippen molar-refractivity contribution in [1.29, 1.82) is 5.26 Å². The van der Waals surface area contributed by atoms with Crippen molar-refractivity contribution in [3.8, 4) is 23.3 Å². The highest BCUT2D eigenvalue weighted by Crippen LogP contribution is 2.39. The Balaban J connectivity index is 2.02. The molecule has 3 aromatic heterocycles. The third-order valence-corrected chi connectivity index (χ3v) is 6.32. The van der Waals surface area contributed by atoms with Crippen molar-refractivity contribution in [2.45, 2.75) is 54.0 Å². The maximum Gasteiger partial charge on any atom is 0.279 e. The van der Waals surface area contributed by atoms with Gasteiger partial charge in [-0.25, -0.2) is 4.98 Å². The molecule has 0 saturated heterocycles. The Morgan fingerprint density at radius 3 is 2.30 bits per heavy atom. The number of unbranched alkanes of at least 4 members (excludes halogenated alkanes) is 1. The minimum Gasteiger partial charge on any atom is -0.490 e. The highest BCUT2D eigenvalue weighted by atomic mass is 16.5. The normalized spacial score (nSPS) is 11.6. The van der Waals surface area contributed by atoms with Crippen LogP contribution in [-0.4, -0.2) is 39.7 Å². The largest absolute Gasteiger partial charge is 0.490 e. The molecule has 3 heterocycles. The molecular weight excluding hydrogens is 510 g/mol. The minimum atomic E-state index is -0.597. The number of pyridine rings is 2. The molecule has 4 aromatic rings. The van der Waals surface area contributed by atoms with Gasteiger partial charge in [0.15, 0.2) is 17.0 Å². The maximum absolute atomic E-state index is 13.6. The quantitative estimate of drug-likeness (QED) is 0.269. The number of hydrogen-bond donors (Lipinski definition) is 0. The van der Waals surface area contributed by atoms with Gasteiger partial charge in [-0.3, -0.25) is 14.0 Å². The molecule has 4 rings (SSSR count). The Morgan fingerprint density at radius 2 is 1.70 bits per heavy atom. The number of nitriles is 1. The van der Waals surface area contributed by atoms with E-state index in [-0.39, 0.29) is 27.6 Å². The van der Waals surface area contributed by atoms with Gasteiger partial charge in [0.1, 0.15) is 17.4 Å². The fraction of sp³-hybridized carbons (Fsp3) is 0.367. The molecule has 0 radical (unpaired) electrons. The van der Waals surface area contributed by atoms with Crippen molar-refractivity contribution in [3.05, 3.63) is 69.1 Å². The van der Waals surface area contributed by atoms with Crippen LogP contribution in [0.15, 0.2) is 46.3 Å². The third kappa shape index (κ3) is 5.41. The molecular formula is C30H33N5O5. The van der Waals surface area contributed by atoms with E-state index in [1.54, 1.807) is 29.0 Å². The third-order valence-electron chi connectivity index (χ3n) is 6.32. The Morgan fingerprint density at radius 1 is 1.02 bits per heavy atom. The Hall–Kier alpha value is -4.65. The number of nitrogens with zero attached hydrogens (tertiary/aromatic N) is 5. The number of rotatable bonds is 10. The lowest BCUT2D eigenvalue weighted by atomic mass is 10.1. The molecule has 208 valence electrons. The first-order chi connectivity index (χ1) is 19.4. The van der Waals surface area contributed by atoms with Crippen LogP contribution in [0, 0.1) is 18.3 Å². The molecule has 0 spiro atoms. The molecule has 0 bridgehead atoms. The fourth-order valence-corrected chi connectivity index (χ4v) is 4.49. The van der Waals surface area contributed by atoms with Gasteiger partial charge < -0.3 is 18.8 Å². The summed E-state index contributed by atoms with van der Waals surface area (Å²) in [5.74, 6) is 0.544. The van der Waals surface area contributed by atoms with Gasteiger partial charge in [-0.15, -0.1) is 0 Å². The summed E-state index contributed by atoms with van der Waals surface area (Å²) in [6.07, 6.45) is 3.23. The second kappa shape index (κ2) is 12.5. The molecule has 10 nitrogen and oxygen atoms in total. The van der Waals surface area contributed by atoms with Gasteiger partial charge in [-0.2, -0.15) is 10.3 Å². The minimum absolute atomic E-state index is 0.101. The summed E-state index contributed by atoms with van der Waals surface area (Å²) in [7, 11) is 0. The van der Waals surface area contributed by atoms with E-state index in [9.17, 15) is 14.9 Å². The van der Waals surface area contributed by atoms with E-state index in [0.717, 1.165) is 18.4 Å². The Labute approximate surface area is 232 Å². The van der Waals surface area contributed by atoms with Gasteiger partial charge in [0, 0.05) is 18.3 Å². The van der Waals surface area contributed by atoms with Crippen LogP contribution in [-0.2, 0) is 6.54 Å². The molecule has 0 aliphatic heterocycles. The predicted octanol–water partition coefficient (Wildman–Crippen LogP) is 4.57. The first-order valence-corrected chi connectivity index (χ1v) is 13.5. The summed E-state index contributed by atoms with van der Waals surface area (Å²) < 4.78 is 20.4. The molecule has 40 heavy (non-hydrogen) atoms. The number of hydrogen-bond acceptors (Lipinski definition) is 7. The maximum atomic E-state index is 13.6. The second-order valence-corrected chi connectivity index (χ2v) is 9.06. The van der Waals surface area contributed by atoms with Crippen LogP contribution in [0.25, 0.3) is 16.7 Å². The Bertz CT molecular complexity index is 1720. The van der Waals surface area contributed by atoms with Gasteiger partial charge in [-0.05, 0) is 63.9 Å². The first-order valence-electron chi connectivity index (χ1n) is 13.5. The van der Waals surface area contributed by atoms with Crippen LogP contribution in [0.2, 0.25) is 0 Å². The highest BCUT2D eigenvalue weighted by molar-refractivity contribution is 5.96. The van der Waals surface area contributed by atoms with E-state index in [1.165, 1.54) is 10.5 Å². The zero-order valence-electron chi connectivity index (χ0n) is 23.5. The standard InChI is InChI=1S/C30H33N5O5/c1-6-10-13-34-27(21(18-31)15-22-28(34)32-26-19(5)12-11-14-35(26)30(22)37)33-29(36)20-16-23(38-7-2)25(40-9-4)24(17-20)39-8-3/h11-12,14-17H,6-10,13H2,1-5H3. The molecule has 0 unspecified atom stereocenters. The number of carbonyl (C=O) groups is 1. The zero-order valence-corrected chi connectivity index (χ0v) is 23.5. The molecule has 0 aliphatic carbocycles. The van der Waals surface area contributed by atoms with E-state index < -0.39 is 5.91 Å². The molecule has 10 heteroatoms. The smallest absolute Gasteiger partial charge is 0.279 e. The molecule has 1 aromatic carbocycles. The summed E-state index contributed by atoms with van der Waals surface area (Å²) >= 11 is 0. The van der Waals surface area contributed by atoms with Crippen molar-refractivity contribution in [3.63, 3.8) is 0 Å². The zero-order chi connectivity index (χ0) is 28.8. The Kier molecular flexibility index (Phi) is 8.84. The first kappa shape index (κ1) is 28.4. The van der Waals surface area contributed by atoms with Crippen LogP contribution < -0.4 is 25.3 Å². The van der Waals surface area contributed by atoms with Crippen molar-refractivity contribution in [2.24, 2.45) is 4.99 Å². The van der Waals surface area contributed by atoms with Crippen LogP contribution in [0.4, 0.5) is 0 Å². The SMILES string of the molecule is CCCCn1c(=NC(=O)c2cc(OCC)c(OCC)c(OCC)c2)c(C#N)cc2c(=O)n3cccc(C)c3nc21. The summed E-state index contributed by atoms with van der Waals surface area (Å²) in [6, 6.07) is 10.4. The van der Waals surface area contributed by atoms with Crippen molar-refractivity contribution < 1.29 is 19.0 Å². The lowest BCUT2D eigenvalue weighted by molar-refractivity contribution is 0.0996. The molecule has 0 saturated carbocycles. The van der Waals surface area contributed by atoms with E-state index >= 15 is 0 Å². The lowest BCUT2D eigenvalue weighted by Crippen LogP contribution is -2.29. The van der Waals surface area contributed by atoms with Gasteiger partial charge in [0.2, 0.25) is 5.75 Å². The van der Waals surface area contributed by atoms with Crippen molar-refractivity contribution in [2.75, 3.05) is 19.8 Å². The van der Waals surface area contributed by atoms with Crippen LogP contribution in [0.3, 0.4) is 0 Å². The number of carbonyl (C=O) groups excluding carboxylic acids is 1. The number of aromatic nitrogens is 3. The second-order valence-electron chi connectivity index (χ2n) is 9.06. The number of benzene rings is 1. The monoisotopic (exact) mass is 543 g/mol. The predicted molar refractivity (Wildman–Crippen MR) is 151 cm³/mol. The van der Waals surface area contributed by atoms with Gasteiger partial charge in [-0.1, -0.05) is 19.4 Å². The molecule has 0 N–H and O–H groups in total. The summed E-state index contributed by atoms with van der Waals surface area (Å²) in [4.78, 5) is 36.3. The molecule has 0 atom stereocenters. The van der Waals surface area contributed by atoms with Gasteiger partial charge in [0.25, 0.3) is 11.5 Å². The molecule has 0 aliphatic rings. The molecule has 0 fully saturated rings. The van der Waals surface area contributed by atoms with E-state index in [2.05, 4.69) is 11.1 Å². The number of fused-ring (bicyclic) bond motifs is 2. The van der Waals surface area contributed by atoms with Gasteiger partial charge >= 0.3 is 0 Å². The molecule has 1 amide bonds. The van der Waals surface area contributed by atoms with Crippen LogP contribution in [0.1, 0.15) is 62.0 Å². The average Bonchev–Trinajstić information content (AvgIpc) is 2.94. The van der Waals surface area contributed by atoms with E-state index in [0.29, 0.717) is 54.9 Å². The number of ether oxygens (including phenoxy) is 3. The highest BCUT2D eigenvalue weighted by Gasteiger charge is 2.20. The fourth-order valence-electron chi connectivity index (χ4n) is 4.49. The van der Waals surface area contributed by atoms with E-state index in [1.807, 2.05) is 40.7 Å². The van der Waals surface area contributed by atoms with Crippen LogP contribution >= 0.6 is 0 Å². The van der Waals surface area contributed by atoms with Crippen LogP contribution in [0.5, 0.6) is 17.2 Å². The van der Waals surface area contributed by atoms with Gasteiger partial charge in [0.05, 0.1) is 30.8 Å². The number of amides is 1.